The summed E-state index contributed by atoms with van der Waals surface area (Å²) < 4.78 is 15.3. The highest BCUT2D eigenvalue weighted by molar-refractivity contribution is 9.10. The number of carbonyl (C=O) groups excluding carboxylic acids is 1. The van der Waals surface area contributed by atoms with E-state index in [9.17, 15) is 14.7 Å². The molecule has 0 radical (unpaired) electrons. The minimum atomic E-state index is -1.30. The van der Waals surface area contributed by atoms with Crippen LogP contribution in [0, 0.1) is 0 Å². The van der Waals surface area contributed by atoms with E-state index in [1.807, 2.05) is 30.3 Å². The Bertz CT molecular complexity index is 773. The SMILES string of the molecule is CC(C)(C)OC(=O)NC(C(=O)O)c1snc(OCc2ccccc2)c1Br. The number of aromatic nitrogens is 1. The molecule has 1 amide bonds. The quantitative estimate of drug-likeness (QED) is 0.697. The maximum absolute atomic E-state index is 11.9. The van der Waals surface area contributed by atoms with Crippen molar-refractivity contribution in [2.45, 2.75) is 39.0 Å². The van der Waals surface area contributed by atoms with Gasteiger partial charge in [0.2, 0.25) is 5.88 Å². The fourth-order valence-corrected chi connectivity index (χ4v) is 3.46. The Morgan fingerprint density at radius 3 is 2.54 bits per heavy atom. The molecule has 9 heteroatoms. The van der Waals surface area contributed by atoms with Crippen LogP contribution in [-0.4, -0.2) is 27.1 Å². The number of hydrogen-bond acceptors (Lipinski definition) is 6. The number of halogens is 1. The van der Waals surface area contributed by atoms with Crippen molar-refractivity contribution in [3.63, 3.8) is 0 Å². The summed E-state index contributed by atoms with van der Waals surface area (Å²) in [5.41, 5.74) is 0.220. The van der Waals surface area contributed by atoms with Crippen LogP contribution >= 0.6 is 27.5 Å². The number of ether oxygens (including phenoxy) is 2. The van der Waals surface area contributed by atoms with Crippen LogP contribution in [0.2, 0.25) is 0 Å². The van der Waals surface area contributed by atoms with Gasteiger partial charge in [-0.1, -0.05) is 30.3 Å². The molecule has 1 unspecified atom stereocenters. The maximum Gasteiger partial charge on any atom is 0.408 e. The maximum atomic E-state index is 11.9. The zero-order chi connectivity index (χ0) is 19.3. The summed E-state index contributed by atoms with van der Waals surface area (Å²) in [5, 5.41) is 11.8. The van der Waals surface area contributed by atoms with Gasteiger partial charge in [0.05, 0.1) is 9.35 Å². The van der Waals surface area contributed by atoms with E-state index in [0.717, 1.165) is 17.1 Å². The number of nitrogens with zero attached hydrogens (tertiary/aromatic N) is 1. The third-order valence-corrected chi connectivity index (χ3v) is 4.94. The van der Waals surface area contributed by atoms with Crippen molar-refractivity contribution in [1.29, 1.82) is 0 Å². The number of rotatable bonds is 6. The number of carboxylic acids is 1. The number of benzene rings is 1. The van der Waals surface area contributed by atoms with E-state index in [1.165, 1.54) is 0 Å². The van der Waals surface area contributed by atoms with Crippen molar-refractivity contribution in [2.24, 2.45) is 0 Å². The first kappa shape index (κ1) is 20.2. The number of hydrogen-bond donors (Lipinski definition) is 2. The largest absolute Gasteiger partial charge is 0.479 e. The van der Waals surface area contributed by atoms with Gasteiger partial charge in [-0.15, -0.1) is 0 Å². The average molecular weight is 443 g/mol. The molecule has 0 aliphatic carbocycles. The number of aliphatic carboxylic acids is 1. The summed E-state index contributed by atoms with van der Waals surface area (Å²) in [5.74, 6) is -0.957. The van der Waals surface area contributed by atoms with Crippen molar-refractivity contribution in [2.75, 3.05) is 0 Å². The molecule has 2 rings (SSSR count). The van der Waals surface area contributed by atoms with E-state index in [-0.39, 0.29) is 5.88 Å². The third kappa shape index (κ3) is 5.70. The number of alkyl carbamates (subject to hydrolysis) is 1. The predicted molar refractivity (Wildman–Crippen MR) is 100 cm³/mol. The lowest BCUT2D eigenvalue weighted by Gasteiger charge is -2.21. The monoisotopic (exact) mass is 442 g/mol. The number of nitrogens with one attached hydrogen (secondary N) is 1. The summed E-state index contributed by atoms with van der Waals surface area (Å²) >= 11 is 4.25. The van der Waals surface area contributed by atoms with E-state index in [4.69, 9.17) is 9.47 Å². The van der Waals surface area contributed by atoms with Crippen LogP contribution < -0.4 is 10.1 Å². The van der Waals surface area contributed by atoms with Crippen LogP contribution in [0.3, 0.4) is 0 Å². The second-order valence-corrected chi connectivity index (χ2v) is 7.96. The smallest absolute Gasteiger partial charge is 0.408 e. The summed E-state index contributed by atoms with van der Waals surface area (Å²) in [7, 11) is 0. The van der Waals surface area contributed by atoms with Gasteiger partial charge in [-0.3, -0.25) is 0 Å². The van der Waals surface area contributed by atoms with Crippen LogP contribution in [0.25, 0.3) is 0 Å². The lowest BCUT2D eigenvalue weighted by atomic mass is 10.2. The van der Waals surface area contributed by atoms with Crippen LogP contribution in [0.1, 0.15) is 37.3 Å². The fourth-order valence-electron chi connectivity index (χ4n) is 1.94. The first-order chi connectivity index (χ1) is 12.2. The first-order valence-electron chi connectivity index (χ1n) is 7.71. The minimum Gasteiger partial charge on any atom is -0.479 e. The molecule has 2 N–H and O–H groups in total. The van der Waals surface area contributed by atoms with E-state index in [1.54, 1.807) is 20.8 Å². The predicted octanol–water partition coefficient (Wildman–Crippen LogP) is 4.14. The standard InChI is InChI=1S/C17H19BrN2O5S/c1-17(2,3)25-16(23)19-12(15(21)22)13-11(18)14(20-26-13)24-9-10-7-5-4-6-8-10/h4-8,12H,9H2,1-3H3,(H,19,23)(H,21,22). The molecule has 2 aromatic rings. The Labute approximate surface area is 163 Å². The molecule has 140 valence electrons. The summed E-state index contributed by atoms with van der Waals surface area (Å²) in [4.78, 5) is 23.8. The van der Waals surface area contributed by atoms with E-state index >= 15 is 0 Å². The van der Waals surface area contributed by atoms with Crippen molar-refractivity contribution in [3.8, 4) is 5.88 Å². The molecule has 0 saturated heterocycles. The Balaban J connectivity index is 2.11. The molecule has 0 spiro atoms. The van der Waals surface area contributed by atoms with E-state index in [2.05, 4.69) is 25.6 Å². The number of carboxylic acid groups (broad SMARTS) is 1. The molecular weight excluding hydrogens is 424 g/mol. The number of carbonyl (C=O) groups is 2. The first-order valence-corrected chi connectivity index (χ1v) is 9.28. The topological polar surface area (TPSA) is 97.8 Å². The highest BCUT2D eigenvalue weighted by atomic mass is 79.9. The molecule has 1 aromatic heterocycles. The Morgan fingerprint density at radius 2 is 1.96 bits per heavy atom. The zero-order valence-corrected chi connectivity index (χ0v) is 16.9. The summed E-state index contributed by atoms with van der Waals surface area (Å²) in [6.45, 7) is 5.38. The van der Waals surface area contributed by atoms with Gasteiger partial charge >= 0.3 is 12.1 Å². The van der Waals surface area contributed by atoms with Crippen LogP contribution in [0.15, 0.2) is 34.8 Å². The van der Waals surface area contributed by atoms with Gasteiger partial charge in [-0.05, 0) is 53.8 Å². The van der Waals surface area contributed by atoms with Gasteiger partial charge in [-0.25, -0.2) is 9.59 Å². The zero-order valence-electron chi connectivity index (χ0n) is 14.5. The van der Waals surface area contributed by atoms with E-state index in [0.29, 0.717) is 16.0 Å². The average Bonchev–Trinajstić information content (AvgIpc) is 2.90. The minimum absolute atomic E-state index is 0.270. The lowest BCUT2D eigenvalue weighted by Crippen LogP contribution is -2.37. The molecule has 1 heterocycles. The van der Waals surface area contributed by atoms with Gasteiger partial charge < -0.3 is 19.9 Å². The Hall–Kier alpha value is -2.13. The van der Waals surface area contributed by atoms with Crippen molar-refractivity contribution in [3.05, 3.63) is 45.2 Å². The van der Waals surface area contributed by atoms with Crippen molar-refractivity contribution in [1.82, 2.24) is 9.69 Å². The molecule has 1 aromatic carbocycles. The van der Waals surface area contributed by atoms with Gasteiger partial charge in [0.15, 0.2) is 6.04 Å². The summed E-state index contributed by atoms with van der Waals surface area (Å²) in [6.07, 6.45) is -0.822. The molecule has 1 atom stereocenters. The molecule has 0 fully saturated rings. The Morgan fingerprint density at radius 1 is 1.31 bits per heavy atom. The molecule has 0 saturated carbocycles. The Kier molecular flexibility index (Phi) is 6.60. The molecule has 0 aliphatic heterocycles. The highest BCUT2D eigenvalue weighted by Crippen LogP contribution is 2.36. The molecular formula is C17H19BrN2O5S. The molecule has 0 bridgehead atoms. The van der Waals surface area contributed by atoms with Crippen molar-refractivity contribution >= 4 is 39.5 Å². The van der Waals surface area contributed by atoms with Crippen molar-refractivity contribution < 1.29 is 24.2 Å². The van der Waals surface area contributed by atoms with E-state index < -0.39 is 23.7 Å². The second kappa shape index (κ2) is 8.50. The summed E-state index contributed by atoms with van der Waals surface area (Å²) in [6, 6.07) is 8.21. The second-order valence-electron chi connectivity index (χ2n) is 6.36. The molecule has 26 heavy (non-hydrogen) atoms. The van der Waals surface area contributed by atoms with Crippen LogP contribution in [0.4, 0.5) is 4.79 Å². The van der Waals surface area contributed by atoms with Crippen LogP contribution in [0.5, 0.6) is 5.88 Å². The highest BCUT2D eigenvalue weighted by Gasteiger charge is 2.30. The number of amides is 1. The molecule has 0 aliphatic rings. The third-order valence-electron chi connectivity index (χ3n) is 3.02. The van der Waals surface area contributed by atoms with Crippen LogP contribution in [-0.2, 0) is 16.1 Å². The lowest BCUT2D eigenvalue weighted by molar-refractivity contribution is -0.139. The van der Waals surface area contributed by atoms with Gasteiger partial charge in [0.25, 0.3) is 0 Å². The normalized spacial score (nSPS) is 12.3. The van der Waals surface area contributed by atoms with Gasteiger partial charge in [0.1, 0.15) is 12.2 Å². The fraction of sp³-hybridized carbons (Fsp3) is 0.353. The van der Waals surface area contributed by atoms with Gasteiger partial charge in [0, 0.05) is 0 Å². The van der Waals surface area contributed by atoms with Gasteiger partial charge in [-0.2, -0.15) is 4.37 Å². The molecule has 7 nitrogen and oxygen atoms in total.